The van der Waals surface area contributed by atoms with Gasteiger partial charge in [-0.2, -0.15) is 15.0 Å². The van der Waals surface area contributed by atoms with Crippen LogP contribution in [0.5, 0.6) is 0 Å². The van der Waals surface area contributed by atoms with Crippen LogP contribution in [-0.4, -0.2) is 63.7 Å². The third kappa shape index (κ3) is 3.07. The average Bonchev–Trinajstić information content (AvgIpc) is 3.08. The van der Waals surface area contributed by atoms with E-state index in [0.29, 0.717) is 6.04 Å². The van der Waals surface area contributed by atoms with Gasteiger partial charge in [0.1, 0.15) is 17.6 Å². The molecule has 0 unspecified atom stereocenters. The first-order chi connectivity index (χ1) is 11.2. The van der Waals surface area contributed by atoms with Crippen LogP contribution in [0.1, 0.15) is 13.3 Å². The lowest BCUT2D eigenvalue weighted by atomic mass is 10.1. The van der Waals surface area contributed by atoms with Crippen LogP contribution in [0.2, 0.25) is 0 Å². The third-order valence-corrected chi connectivity index (χ3v) is 4.57. The molecule has 4 rings (SSSR count). The van der Waals surface area contributed by atoms with Gasteiger partial charge in [-0.15, -0.1) is 0 Å². The third-order valence-electron chi connectivity index (χ3n) is 4.57. The van der Waals surface area contributed by atoms with Crippen molar-refractivity contribution < 1.29 is 9.53 Å². The van der Waals surface area contributed by atoms with E-state index in [1.54, 1.807) is 0 Å². The Morgan fingerprint density at radius 2 is 2.04 bits per heavy atom. The zero-order valence-corrected chi connectivity index (χ0v) is 13.2. The van der Waals surface area contributed by atoms with Crippen molar-refractivity contribution in [2.75, 3.05) is 19.7 Å². The molecule has 2 fully saturated rings. The monoisotopic (exact) mass is 315 g/mol. The topological polar surface area (TPSA) is 72.3 Å². The lowest BCUT2D eigenvalue weighted by Crippen LogP contribution is -2.45. The quantitative estimate of drug-likeness (QED) is 0.888. The van der Waals surface area contributed by atoms with E-state index in [0.717, 1.165) is 37.2 Å². The highest BCUT2D eigenvalue weighted by Gasteiger charge is 2.36. The maximum Gasteiger partial charge on any atom is 0.243 e. The molecule has 2 saturated heterocycles. The van der Waals surface area contributed by atoms with E-state index >= 15 is 0 Å². The molecule has 2 aliphatic heterocycles. The second kappa shape index (κ2) is 5.90. The van der Waals surface area contributed by atoms with Crippen molar-refractivity contribution in [2.45, 2.75) is 38.1 Å². The molecule has 7 heteroatoms. The molecule has 1 amide bonds. The summed E-state index contributed by atoms with van der Waals surface area (Å²) in [6, 6.07) is 8.24. The Morgan fingerprint density at radius 3 is 2.78 bits per heavy atom. The molecule has 0 spiro atoms. The Morgan fingerprint density at radius 1 is 1.30 bits per heavy atom. The maximum absolute atomic E-state index is 12.3. The number of ether oxygens (including phenoxy) is 1. The maximum atomic E-state index is 12.3. The number of fused-ring (bicyclic) bond motifs is 2. The number of morpholine rings is 1. The van der Waals surface area contributed by atoms with Crippen molar-refractivity contribution in [3.8, 4) is 0 Å². The zero-order valence-electron chi connectivity index (χ0n) is 13.2. The highest BCUT2D eigenvalue weighted by Crippen LogP contribution is 2.23. The fraction of sp³-hybridized carbons (Fsp3) is 0.562. The summed E-state index contributed by atoms with van der Waals surface area (Å²) in [6.45, 7) is 4.86. The smallest absolute Gasteiger partial charge is 0.243 e. The van der Waals surface area contributed by atoms with Crippen LogP contribution < -0.4 is 5.32 Å². The molecule has 3 heterocycles. The number of rotatable bonds is 3. The molecule has 0 radical (unpaired) electrons. The van der Waals surface area contributed by atoms with Crippen molar-refractivity contribution in [3.63, 3.8) is 0 Å². The second-order valence-corrected chi connectivity index (χ2v) is 6.47. The summed E-state index contributed by atoms with van der Waals surface area (Å²) >= 11 is 0. The standard InChI is InChI=1S/C16H21N5O2/c1-11-7-20-8-12(6-13(20)10-23-11)17-16(22)9-21-18-14-4-2-3-5-15(14)19-21/h2-5,11-13H,6-10H2,1H3,(H,17,22)/t11-,12-,13-/m0/s1. The fourth-order valence-corrected chi connectivity index (χ4v) is 3.52. The van der Waals surface area contributed by atoms with Crippen molar-refractivity contribution >= 4 is 16.9 Å². The first-order valence-electron chi connectivity index (χ1n) is 8.12. The lowest BCUT2D eigenvalue weighted by Gasteiger charge is -2.33. The number of benzene rings is 1. The molecule has 1 aromatic heterocycles. The van der Waals surface area contributed by atoms with E-state index in [9.17, 15) is 4.79 Å². The van der Waals surface area contributed by atoms with Gasteiger partial charge in [-0.3, -0.25) is 9.69 Å². The van der Waals surface area contributed by atoms with E-state index < -0.39 is 0 Å². The number of nitrogens with zero attached hydrogens (tertiary/aromatic N) is 4. The SMILES string of the molecule is C[C@H]1CN2C[C@@H](NC(=O)Cn3nc4ccccc4n3)C[C@H]2CO1. The van der Waals surface area contributed by atoms with Gasteiger partial charge in [0.2, 0.25) is 5.91 Å². The predicted octanol–water partition coefficient (Wildman–Crippen LogP) is 0.409. The van der Waals surface area contributed by atoms with Crippen LogP contribution in [-0.2, 0) is 16.1 Å². The van der Waals surface area contributed by atoms with Gasteiger partial charge < -0.3 is 10.1 Å². The van der Waals surface area contributed by atoms with Gasteiger partial charge in [0.25, 0.3) is 0 Å². The van der Waals surface area contributed by atoms with Gasteiger partial charge >= 0.3 is 0 Å². The fourth-order valence-electron chi connectivity index (χ4n) is 3.52. The second-order valence-electron chi connectivity index (χ2n) is 6.47. The Kier molecular flexibility index (Phi) is 3.74. The van der Waals surface area contributed by atoms with E-state index in [-0.39, 0.29) is 24.6 Å². The van der Waals surface area contributed by atoms with E-state index in [4.69, 9.17) is 4.74 Å². The van der Waals surface area contributed by atoms with E-state index in [1.165, 1.54) is 4.80 Å². The predicted molar refractivity (Wildman–Crippen MR) is 84.9 cm³/mol. The van der Waals surface area contributed by atoms with Crippen molar-refractivity contribution in [3.05, 3.63) is 24.3 Å². The number of carbonyl (C=O) groups is 1. The number of nitrogens with one attached hydrogen (secondary N) is 1. The minimum Gasteiger partial charge on any atom is -0.376 e. The van der Waals surface area contributed by atoms with Crippen molar-refractivity contribution in [1.29, 1.82) is 0 Å². The lowest BCUT2D eigenvalue weighted by molar-refractivity contribution is -0.122. The van der Waals surface area contributed by atoms with Gasteiger partial charge in [-0.25, -0.2) is 0 Å². The summed E-state index contributed by atoms with van der Waals surface area (Å²) in [4.78, 5) is 16.1. The highest BCUT2D eigenvalue weighted by atomic mass is 16.5. The molecule has 0 bridgehead atoms. The Bertz CT molecular complexity index is 682. The molecular formula is C16H21N5O2. The molecule has 3 atom stereocenters. The Labute approximate surface area is 134 Å². The summed E-state index contributed by atoms with van der Waals surface area (Å²) in [5.74, 6) is -0.0379. The number of carbonyl (C=O) groups excluding carboxylic acids is 1. The zero-order chi connectivity index (χ0) is 15.8. The molecule has 0 aliphatic carbocycles. The molecule has 2 aliphatic rings. The van der Waals surface area contributed by atoms with Gasteiger partial charge in [-0.05, 0) is 25.5 Å². The molecule has 1 aromatic carbocycles. The molecule has 7 nitrogen and oxygen atoms in total. The normalized spacial score (nSPS) is 28.0. The molecule has 122 valence electrons. The minimum absolute atomic E-state index is 0.0379. The number of aromatic nitrogens is 3. The van der Waals surface area contributed by atoms with Crippen molar-refractivity contribution in [1.82, 2.24) is 25.2 Å². The average molecular weight is 315 g/mol. The van der Waals surface area contributed by atoms with E-state index in [2.05, 4.69) is 27.3 Å². The summed E-state index contributed by atoms with van der Waals surface area (Å²) in [6.07, 6.45) is 1.23. The molecule has 0 saturated carbocycles. The molecule has 2 aromatic rings. The first-order valence-corrected chi connectivity index (χ1v) is 8.12. The van der Waals surface area contributed by atoms with Gasteiger partial charge in [0.15, 0.2) is 0 Å². The summed E-state index contributed by atoms with van der Waals surface area (Å²) in [5.41, 5.74) is 1.62. The number of hydrogen-bond acceptors (Lipinski definition) is 5. The van der Waals surface area contributed by atoms with Crippen LogP contribution in [0, 0.1) is 0 Å². The van der Waals surface area contributed by atoms with Crippen LogP contribution in [0.4, 0.5) is 0 Å². The molecule has 23 heavy (non-hydrogen) atoms. The summed E-state index contributed by atoms with van der Waals surface area (Å²) in [5, 5.41) is 11.8. The molecule has 1 N–H and O–H groups in total. The van der Waals surface area contributed by atoms with E-state index in [1.807, 2.05) is 24.3 Å². The number of hydrogen-bond donors (Lipinski definition) is 1. The van der Waals surface area contributed by atoms with Gasteiger partial charge in [-0.1, -0.05) is 12.1 Å². The largest absolute Gasteiger partial charge is 0.376 e. The van der Waals surface area contributed by atoms with Crippen molar-refractivity contribution in [2.24, 2.45) is 0 Å². The van der Waals surface area contributed by atoms with Crippen LogP contribution in [0.25, 0.3) is 11.0 Å². The highest BCUT2D eigenvalue weighted by molar-refractivity contribution is 5.77. The minimum atomic E-state index is -0.0379. The van der Waals surface area contributed by atoms with Crippen LogP contribution in [0.3, 0.4) is 0 Å². The van der Waals surface area contributed by atoms with Gasteiger partial charge in [0, 0.05) is 25.2 Å². The summed E-state index contributed by atoms with van der Waals surface area (Å²) in [7, 11) is 0. The Balaban J connectivity index is 1.35. The number of amides is 1. The van der Waals surface area contributed by atoms with Crippen LogP contribution >= 0.6 is 0 Å². The first kappa shape index (κ1) is 14.6. The molecular weight excluding hydrogens is 294 g/mol. The van der Waals surface area contributed by atoms with Crippen LogP contribution in [0.15, 0.2) is 24.3 Å². The van der Waals surface area contributed by atoms with Gasteiger partial charge in [0.05, 0.1) is 12.7 Å². The Hall–Kier alpha value is -1.99. The summed E-state index contributed by atoms with van der Waals surface area (Å²) < 4.78 is 5.70.